The molecule has 1 aliphatic rings. The molecule has 0 atom stereocenters. The van der Waals surface area contributed by atoms with E-state index < -0.39 is 23.7 Å². The number of carboxylic acid groups (broad SMARTS) is 1. The van der Waals surface area contributed by atoms with E-state index in [2.05, 4.69) is 5.32 Å². The number of nitrogens with one attached hydrogen (secondary N) is 1. The van der Waals surface area contributed by atoms with Gasteiger partial charge in [0.1, 0.15) is 0 Å². The van der Waals surface area contributed by atoms with Crippen LogP contribution in [0.25, 0.3) is 22.2 Å². The lowest BCUT2D eigenvalue weighted by molar-refractivity contribution is -0.222. The highest BCUT2D eigenvalue weighted by molar-refractivity contribution is 6.15. The Morgan fingerprint density at radius 1 is 1.03 bits per heavy atom. The lowest BCUT2D eigenvalue weighted by atomic mass is 10.00. The second-order valence-corrected chi connectivity index (χ2v) is 8.30. The van der Waals surface area contributed by atoms with Crippen molar-refractivity contribution < 1.29 is 29.0 Å². The van der Waals surface area contributed by atoms with Gasteiger partial charge in [-0.3, -0.25) is 0 Å². The maximum Gasteiger partial charge on any atom is 0.350 e. The van der Waals surface area contributed by atoms with Gasteiger partial charge in [-0.05, 0) is 43.7 Å². The Labute approximate surface area is 189 Å². The van der Waals surface area contributed by atoms with Crippen LogP contribution in [0.4, 0.5) is 5.69 Å². The lowest BCUT2D eigenvalue weighted by Gasteiger charge is -2.29. The molecule has 168 valence electrons. The molecule has 1 aliphatic heterocycles. The Bertz CT molecular complexity index is 1320. The number of carbonyl (C=O) groups is 3. The molecule has 33 heavy (non-hydrogen) atoms. The van der Waals surface area contributed by atoms with Gasteiger partial charge in [0.05, 0.1) is 16.8 Å². The highest BCUT2D eigenvalue weighted by atomic mass is 16.7. The first-order chi connectivity index (χ1) is 15.5. The fourth-order valence-corrected chi connectivity index (χ4v) is 3.68. The SMILES string of the molecule is Cc1cc(C)c2nc(-c3ccc(NC=C4C(=O)OC(C)(C)OC4=O)cc3)cc(C(=O)O)c2c1. The molecule has 0 spiro atoms. The van der Waals surface area contributed by atoms with Gasteiger partial charge < -0.3 is 19.9 Å². The number of ether oxygens (including phenoxy) is 2. The molecule has 1 saturated heterocycles. The van der Waals surface area contributed by atoms with E-state index in [1.165, 1.54) is 20.0 Å². The zero-order valence-corrected chi connectivity index (χ0v) is 18.6. The summed E-state index contributed by atoms with van der Waals surface area (Å²) in [6.45, 7) is 6.78. The number of cyclic esters (lactones) is 2. The summed E-state index contributed by atoms with van der Waals surface area (Å²) in [7, 11) is 0. The minimum absolute atomic E-state index is 0.186. The zero-order chi connectivity index (χ0) is 23.9. The molecule has 0 unspecified atom stereocenters. The van der Waals surface area contributed by atoms with Crippen molar-refractivity contribution in [2.24, 2.45) is 0 Å². The number of aromatic carboxylic acids is 1. The molecule has 2 N–H and O–H groups in total. The summed E-state index contributed by atoms with van der Waals surface area (Å²) in [6.07, 6.45) is 1.23. The van der Waals surface area contributed by atoms with Crippen LogP contribution in [-0.2, 0) is 19.1 Å². The van der Waals surface area contributed by atoms with Gasteiger partial charge in [-0.2, -0.15) is 0 Å². The number of fused-ring (bicyclic) bond motifs is 1. The van der Waals surface area contributed by atoms with Crippen molar-refractivity contribution in [2.75, 3.05) is 5.32 Å². The lowest BCUT2D eigenvalue weighted by Crippen LogP contribution is -2.42. The van der Waals surface area contributed by atoms with Crippen LogP contribution in [0, 0.1) is 13.8 Å². The minimum Gasteiger partial charge on any atom is -0.478 e. The standard InChI is InChI=1S/C25H22N2O6/c1-13-9-14(2)21-17(10-13)18(22(28)29)11-20(27-21)15-5-7-16(8-6-15)26-12-19-23(30)32-25(3,4)33-24(19)31/h5-12,26H,1-4H3,(H,28,29). The first-order valence-electron chi connectivity index (χ1n) is 10.2. The summed E-state index contributed by atoms with van der Waals surface area (Å²) < 4.78 is 10.1. The van der Waals surface area contributed by atoms with Gasteiger partial charge in [-0.15, -0.1) is 0 Å². The quantitative estimate of drug-likeness (QED) is 0.345. The average molecular weight is 446 g/mol. The molecule has 4 rings (SSSR count). The molecule has 2 aromatic carbocycles. The molecule has 2 heterocycles. The first-order valence-corrected chi connectivity index (χ1v) is 10.2. The van der Waals surface area contributed by atoms with Crippen molar-refractivity contribution in [3.8, 4) is 11.3 Å². The highest BCUT2D eigenvalue weighted by Gasteiger charge is 2.38. The number of anilines is 1. The van der Waals surface area contributed by atoms with Gasteiger partial charge in [-0.25, -0.2) is 19.4 Å². The van der Waals surface area contributed by atoms with Crippen LogP contribution in [0.3, 0.4) is 0 Å². The number of pyridine rings is 1. The van der Waals surface area contributed by atoms with E-state index in [4.69, 9.17) is 14.5 Å². The van der Waals surface area contributed by atoms with Gasteiger partial charge >= 0.3 is 17.9 Å². The third-order valence-electron chi connectivity index (χ3n) is 5.16. The topological polar surface area (TPSA) is 115 Å². The highest BCUT2D eigenvalue weighted by Crippen LogP contribution is 2.29. The van der Waals surface area contributed by atoms with Crippen LogP contribution in [-0.4, -0.2) is 33.8 Å². The number of aryl methyl sites for hydroxylation is 2. The largest absolute Gasteiger partial charge is 0.478 e. The molecule has 1 aromatic heterocycles. The molecule has 8 heteroatoms. The van der Waals surface area contributed by atoms with Crippen molar-refractivity contribution in [1.29, 1.82) is 0 Å². The number of carboxylic acids is 1. The molecule has 0 saturated carbocycles. The zero-order valence-electron chi connectivity index (χ0n) is 18.6. The fourth-order valence-electron chi connectivity index (χ4n) is 3.68. The molecule has 8 nitrogen and oxygen atoms in total. The smallest absolute Gasteiger partial charge is 0.350 e. The van der Waals surface area contributed by atoms with E-state index in [9.17, 15) is 19.5 Å². The molecule has 0 amide bonds. The Morgan fingerprint density at radius 3 is 2.27 bits per heavy atom. The number of rotatable bonds is 4. The van der Waals surface area contributed by atoms with Gasteiger partial charge in [-0.1, -0.05) is 23.8 Å². The van der Waals surface area contributed by atoms with Gasteiger partial charge in [0.15, 0.2) is 5.57 Å². The second-order valence-electron chi connectivity index (χ2n) is 8.30. The first kappa shape index (κ1) is 22.0. The van der Waals surface area contributed by atoms with E-state index >= 15 is 0 Å². The Hall–Kier alpha value is -4.20. The molecule has 0 aliphatic carbocycles. The molecular weight excluding hydrogens is 424 g/mol. The van der Waals surface area contributed by atoms with Crippen LogP contribution in [0.1, 0.15) is 35.3 Å². The number of hydrogen-bond acceptors (Lipinski definition) is 7. The summed E-state index contributed by atoms with van der Waals surface area (Å²) in [4.78, 5) is 40.6. The summed E-state index contributed by atoms with van der Waals surface area (Å²) in [6, 6.07) is 12.3. The maximum absolute atomic E-state index is 12.0. The van der Waals surface area contributed by atoms with E-state index in [1.54, 1.807) is 30.3 Å². The summed E-state index contributed by atoms with van der Waals surface area (Å²) in [5.74, 6) is -3.86. The van der Waals surface area contributed by atoms with E-state index in [0.29, 0.717) is 22.3 Å². The molecule has 0 radical (unpaired) electrons. The van der Waals surface area contributed by atoms with Gasteiger partial charge in [0.2, 0.25) is 0 Å². The summed E-state index contributed by atoms with van der Waals surface area (Å²) in [5, 5.41) is 13.2. The molecule has 1 fully saturated rings. The average Bonchev–Trinajstić information content (AvgIpc) is 2.72. The van der Waals surface area contributed by atoms with Crippen molar-refractivity contribution in [1.82, 2.24) is 4.98 Å². The van der Waals surface area contributed by atoms with Crippen molar-refractivity contribution in [3.05, 3.63) is 70.9 Å². The Morgan fingerprint density at radius 2 is 1.67 bits per heavy atom. The monoisotopic (exact) mass is 446 g/mol. The van der Waals surface area contributed by atoms with Crippen molar-refractivity contribution in [3.63, 3.8) is 0 Å². The van der Waals surface area contributed by atoms with Crippen molar-refractivity contribution >= 4 is 34.5 Å². The molecule has 3 aromatic rings. The van der Waals surface area contributed by atoms with Gasteiger partial charge in [0.25, 0.3) is 5.79 Å². The minimum atomic E-state index is -1.30. The number of carbonyl (C=O) groups excluding carboxylic acids is 2. The Kier molecular flexibility index (Phi) is 5.37. The second kappa shape index (κ2) is 8.05. The van der Waals surface area contributed by atoms with E-state index in [0.717, 1.165) is 16.7 Å². The number of esters is 2. The summed E-state index contributed by atoms with van der Waals surface area (Å²) in [5.41, 5.74) is 4.29. The predicted molar refractivity (Wildman–Crippen MR) is 122 cm³/mol. The van der Waals surface area contributed by atoms with E-state index in [-0.39, 0.29) is 11.1 Å². The normalized spacial score (nSPS) is 15.1. The van der Waals surface area contributed by atoms with Crippen LogP contribution >= 0.6 is 0 Å². The maximum atomic E-state index is 12.0. The third kappa shape index (κ3) is 4.41. The number of nitrogens with zero attached hydrogens (tertiary/aromatic N) is 1. The number of aromatic nitrogens is 1. The molecular formula is C25H22N2O6. The van der Waals surface area contributed by atoms with Crippen LogP contribution in [0.5, 0.6) is 0 Å². The molecule has 0 bridgehead atoms. The van der Waals surface area contributed by atoms with E-state index in [1.807, 2.05) is 26.0 Å². The van der Waals surface area contributed by atoms with Crippen LogP contribution in [0.2, 0.25) is 0 Å². The van der Waals surface area contributed by atoms with Crippen LogP contribution in [0.15, 0.2) is 54.2 Å². The van der Waals surface area contributed by atoms with Gasteiger partial charge in [0, 0.05) is 36.7 Å². The predicted octanol–water partition coefficient (Wildman–Crippen LogP) is 4.35. The van der Waals surface area contributed by atoms with Crippen molar-refractivity contribution in [2.45, 2.75) is 33.5 Å². The van der Waals surface area contributed by atoms with Crippen LogP contribution < -0.4 is 5.32 Å². The number of benzene rings is 2. The fraction of sp³-hybridized carbons (Fsp3) is 0.200. The Balaban J connectivity index is 1.63. The third-order valence-corrected chi connectivity index (χ3v) is 5.16. The number of hydrogen-bond donors (Lipinski definition) is 2. The summed E-state index contributed by atoms with van der Waals surface area (Å²) >= 11 is 0.